The minimum Gasteiger partial charge on any atom is -0.493 e. The molecule has 5 heteroatoms. The Bertz CT molecular complexity index is 601. The minimum atomic E-state index is 0.348. The summed E-state index contributed by atoms with van der Waals surface area (Å²) >= 11 is 0. The second-order valence-electron chi connectivity index (χ2n) is 4.62. The second kappa shape index (κ2) is 5.88. The zero-order valence-electron chi connectivity index (χ0n) is 11.4. The first-order valence-corrected chi connectivity index (χ1v) is 6.67. The maximum Gasteiger partial charge on any atom is 0.166 e. The van der Waals surface area contributed by atoms with E-state index in [0.29, 0.717) is 18.2 Å². The Balaban J connectivity index is 1.72. The van der Waals surface area contributed by atoms with Crippen LogP contribution in [0.4, 0.5) is 0 Å². The second-order valence-corrected chi connectivity index (χ2v) is 4.62. The van der Waals surface area contributed by atoms with Crippen molar-refractivity contribution in [2.24, 2.45) is 0 Å². The van der Waals surface area contributed by atoms with Gasteiger partial charge >= 0.3 is 0 Å². The number of nitrogens with zero attached hydrogens (tertiary/aromatic N) is 2. The van der Waals surface area contributed by atoms with Crippen LogP contribution < -0.4 is 14.8 Å². The van der Waals surface area contributed by atoms with Crippen LogP contribution in [0.25, 0.3) is 0 Å². The van der Waals surface area contributed by atoms with Crippen LogP contribution in [0, 0.1) is 0 Å². The molecule has 3 rings (SSSR count). The van der Waals surface area contributed by atoms with Crippen LogP contribution in [0.1, 0.15) is 17.1 Å². The zero-order chi connectivity index (χ0) is 13.8. The van der Waals surface area contributed by atoms with Crippen molar-refractivity contribution in [3.63, 3.8) is 0 Å². The number of rotatable bonds is 4. The van der Waals surface area contributed by atoms with E-state index in [-0.39, 0.29) is 0 Å². The fourth-order valence-electron chi connectivity index (χ4n) is 2.23. The molecule has 0 spiro atoms. The molecule has 20 heavy (non-hydrogen) atoms. The highest BCUT2D eigenvalue weighted by Gasteiger charge is 2.12. The standard InChI is InChI=1S/C15H17N3O2/c1-19-13-4-2-3-5-14(13)20-10-15-17-9-11-8-16-7-6-12(11)18-15/h2-5,9,16H,6-8,10H2,1H3. The predicted molar refractivity (Wildman–Crippen MR) is 74.8 cm³/mol. The molecule has 5 nitrogen and oxygen atoms in total. The SMILES string of the molecule is COc1ccccc1OCc1ncc2c(n1)CCNC2. The fourth-order valence-corrected chi connectivity index (χ4v) is 2.23. The summed E-state index contributed by atoms with van der Waals surface area (Å²) in [6.07, 6.45) is 2.83. The van der Waals surface area contributed by atoms with Gasteiger partial charge in [0.1, 0.15) is 6.61 Å². The molecule has 0 amide bonds. The van der Waals surface area contributed by atoms with Gasteiger partial charge in [0, 0.05) is 37.0 Å². The van der Waals surface area contributed by atoms with Crippen molar-refractivity contribution < 1.29 is 9.47 Å². The Morgan fingerprint density at radius 3 is 2.95 bits per heavy atom. The minimum absolute atomic E-state index is 0.348. The lowest BCUT2D eigenvalue weighted by atomic mass is 10.1. The molecule has 104 valence electrons. The summed E-state index contributed by atoms with van der Waals surface area (Å²) < 4.78 is 11.0. The van der Waals surface area contributed by atoms with Gasteiger partial charge in [-0.1, -0.05) is 12.1 Å². The molecule has 1 aromatic carbocycles. The lowest BCUT2D eigenvalue weighted by Crippen LogP contribution is -2.25. The largest absolute Gasteiger partial charge is 0.493 e. The molecule has 1 aliphatic rings. The summed E-state index contributed by atoms with van der Waals surface area (Å²) in [4.78, 5) is 8.91. The number of benzene rings is 1. The number of hydrogen-bond acceptors (Lipinski definition) is 5. The van der Waals surface area contributed by atoms with E-state index >= 15 is 0 Å². The van der Waals surface area contributed by atoms with Crippen molar-refractivity contribution in [2.45, 2.75) is 19.6 Å². The number of para-hydroxylation sites is 2. The number of fused-ring (bicyclic) bond motifs is 1. The fraction of sp³-hybridized carbons (Fsp3) is 0.333. The molecule has 1 aromatic heterocycles. The Hall–Kier alpha value is -2.14. The lowest BCUT2D eigenvalue weighted by Gasteiger charge is -2.16. The molecule has 0 radical (unpaired) electrons. The number of methoxy groups -OCH3 is 1. The third-order valence-corrected chi connectivity index (χ3v) is 3.28. The van der Waals surface area contributed by atoms with Gasteiger partial charge in [-0.15, -0.1) is 0 Å². The first-order chi connectivity index (χ1) is 9.86. The van der Waals surface area contributed by atoms with Gasteiger partial charge in [-0.2, -0.15) is 0 Å². The van der Waals surface area contributed by atoms with Gasteiger partial charge in [-0.05, 0) is 12.1 Å². The summed E-state index contributed by atoms with van der Waals surface area (Å²) in [5.74, 6) is 2.13. The summed E-state index contributed by atoms with van der Waals surface area (Å²) in [5.41, 5.74) is 2.30. The average molecular weight is 271 g/mol. The quantitative estimate of drug-likeness (QED) is 0.917. The van der Waals surface area contributed by atoms with Crippen molar-refractivity contribution >= 4 is 0 Å². The summed E-state index contributed by atoms with van der Waals surface area (Å²) in [6.45, 7) is 2.17. The highest BCUT2D eigenvalue weighted by Crippen LogP contribution is 2.26. The van der Waals surface area contributed by atoms with Gasteiger partial charge in [0.15, 0.2) is 17.3 Å². The van der Waals surface area contributed by atoms with E-state index in [2.05, 4.69) is 15.3 Å². The third kappa shape index (κ3) is 2.72. The molecule has 0 saturated carbocycles. The number of aromatic nitrogens is 2. The average Bonchev–Trinajstić information content (AvgIpc) is 2.53. The van der Waals surface area contributed by atoms with Gasteiger partial charge in [0.05, 0.1) is 7.11 Å². The smallest absolute Gasteiger partial charge is 0.166 e. The van der Waals surface area contributed by atoms with Crippen LogP contribution >= 0.6 is 0 Å². The number of nitrogens with one attached hydrogen (secondary N) is 1. The topological polar surface area (TPSA) is 56.3 Å². The molecule has 0 atom stereocenters. The number of hydrogen-bond donors (Lipinski definition) is 1. The Labute approximate surface area is 118 Å². The van der Waals surface area contributed by atoms with Gasteiger partial charge in [-0.3, -0.25) is 0 Å². The molecule has 0 unspecified atom stereocenters. The van der Waals surface area contributed by atoms with E-state index < -0.39 is 0 Å². The van der Waals surface area contributed by atoms with E-state index in [4.69, 9.17) is 9.47 Å². The van der Waals surface area contributed by atoms with E-state index in [9.17, 15) is 0 Å². The molecular formula is C15H17N3O2. The summed E-state index contributed by atoms with van der Waals surface area (Å²) in [7, 11) is 1.63. The van der Waals surface area contributed by atoms with Crippen LogP contribution in [0.5, 0.6) is 11.5 Å². The van der Waals surface area contributed by atoms with Crippen molar-refractivity contribution in [1.29, 1.82) is 0 Å². The Morgan fingerprint density at radius 1 is 1.25 bits per heavy atom. The van der Waals surface area contributed by atoms with Crippen LogP contribution in [0.2, 0.25) is 0 Å². The molecule has 1 N–H and O–H groups in total. The third-order valence-electron chi connectivity index (χ3n) is 3.28. The lowest BCUT2D eigenvalue weighted by molar-refractivity contribution is 0.275. The monoisotopic (exact) mass is 271 g/mol. The maximum absolute atomic E-state index is 5.74. The molecule has 1 aliphatic heterocycles. The van der Waals surface area contributed by atoms with E-state index in [1.165, 1.54) is 5.56 Å². The van der Waals surface area contributed by atoms with Crippen molar-refractivity contribution in [3.05, 3.63) is 47.5 Å². The van der Waals surface area contributed by atoms with Gasteiger partial charge in [0.2, 0.25) is 0 Å². The summed E-state index contributed by atoms with van der Waals surface area (Å²) in [6, 6.07) is 7.57. The molecule has 0 fully saturated rings. The van der Waals surface area contributed by atoms with Crippen LogP contribution in [-0.4, -0.2) is 23.6 Å². The molecule has 2 aromatic rings. The molecule has 2 heterocycles. The molecule has 0 aliphatic carbocycles. The van der Waals surface area contributed by atoms with Crippen LogP contribution in [0.3, 0.4) is 0 Å². The van der Waals surface area contributed by atoms with E-state index in [0.717, 1.165) is 31.0 Å². The van der Waals surface area contributed by atoms with Gasteiger partial charge in [-0.25, -0.2) is 9.97 Å². The highest BCUT2D eigenvalue weighted by molar-refractivity contribution is 5.39. The highest BCUT2D eigenvalue weighted by atomic mass is 16.5. The summed E-state index contributed by atoms with van der Waals surface area (Å²) in [5, 5.41) is 3.31. The molecular weight excluding hydrogens is 254 g/mol. The Kier molecular flexibility index (Phi) is 3.78. The first kappa shape index (κ1) is 12.9. The number of ether oxygens (including phenoxy) is 2. The zero-order valence-corrected chi connectivity index (χ0v) is 11.4. The van der Waals surface area contributed by atoms with Gasteiger partial charge < -0.3 is 14.8 Å². The van der Waals surface area contributed by atoms with Crippen LogP contribution in [0.15, 0.2) is 30.5 Å². The molecule has 0 saturated heterocycles. The predicted octanol–water partition coefficient (Wildman–Crippen LogP) is 1.71. The first-order valence-electron chi connectivity index (χ1n) is 6.67. The normalized spacial score (nSPS) is 13.7. The van der Waals surface area contributed by atoms with E-state index in [1.807, 2.05) is 30.5 Å². The van der Waals surface area contributed by atoms with Crippen molar-refractivity contribution in [2.75, 3.05) is 13.7 Å². The maximum atomic E-state index is 5.74. The van der Waals surface area contributed by atoms with Gasteiger partial charge in [0.25, 0.3) is 0 Å². The Morgan fingerprint density at radius 2 is 2.10 bits per heavy atom. The van der Waals surface area contributed by atoms with Crippen molar-refractivity contribution in [3.8, 4) is 11.5 Å². The van der Waals surface area contributed by atoms with E-state index in [1.54, 1.807) is 7.11 Å². The van der Waals surface area contributed by atoms with Crippen molar-refractivity contribution in [1.82, 2.24) is 15.3 Å². The molecule has 0 bridgehead atoms. The van der Waals surface area contributed by atoms with Crippen LogP contribution in [-0.2, 0) is 19.6 Å².